The molecule has 0 aromatic carbocycles. The van der Waals surface area contributed by atoms with Gasteiger partial charge in [0.05, 0.1) is 0 Å². The fourth-order valence-corrected chi connectivity index (χ4v) is 27.3. The van der Waals surface area contributed by atoms with Crippen LogP contribution in [0.4, 0.5) is 0 Å². The monoisotopic (exact) mass is 294 g/mol. The van der Waals surface area contributed by atoms with Crippen molar-refractivity contribution < 1.29 is 8.23 Å². The van der Waals surface area contributed by atoms with Gasteiger partial charge in [-0.3, -0.25) is 0 Å². The van der Waals surface area contributed by atoms with Crippen molar-refractivity contribution in [3.8, 4) is 0 Å². The number of rotatable bonds is 0. The Labute approximate surface area is 104 Å². The van der Waals surface area contributed by atoms with Crippen molar-refractivity contribution in [2.45, 2.75) is 52.4 Å². The molecule has 96 valence electrons. The van der Waals surface area contributed by atoms with Gasteiger partial charge < -0.3 is 17.5 Å². The van der Waals surface area contributed by atoms with Gasteiger partial charge in [0.25, 0.3) is 0 Å². The lowest BCUT2D eigenvalue weighted by Gasteiger charge is -2.47. The molecule has 16 heavy (non-hydrogen) atoms. The fourth-order valence-electron chi connectivity index (χ4n) is 2.83. The highest BCUT2D eigenvalue weighted by molar-refractivity contribution is 6.98. The Balaban J connectivity index is 2.98. The second-order valence-corrected chi connectivity index (χ2v) is 22.2. The SMILES string of the molecule is C[Si]1(C)N[Si](C)(C)O[Si](C)(C)N[Si](C)(C)O1. The zero-order chi connectivity index (χ0) is 12.8. The molecular formula is C8H26N2O2Si4. The average molecular weight is 295 g/mol. The van der Waals surface area contributed by atoms with Gasteiger partial charge in [0.2, 0.25) is 33.9 Å². The van der Waals surface area contributed by atoms with Gasteiger partial charge >= 0.3 is 0 Å². The lowest BCUT2D eigenvalue weighted by Crippen LogP contribution is -2.76. The first-order valence-electron chi connectivity index (χ1n) is 5.82. The van der Waals surface area contributed by atoms with Crippen LogP contribution in [0.1, 0.15) is 0 Å². The Kier molecular flexibility index (Phi) is 3.81. The molecule has 1 rings (SSSR count). The summed E-state index contributed by atoms with van der Waals surface area (Å²) >= 11 is 0. The lowest BCUT2D eigenvalue weighted by atomic mass is 11.9. The first kappa shape index (κ1) is 14.8. The zero-order valence-corrected chi connectivity index (χ0v) is 15.8. The van der Waals surface area contributed by atoms with Gasteiger partial charge in [0, 0.05) is 0 Å². The molecule has 0 radical (unpaired) electrons. The average Bonchev–Trinajstić information content (AvgIpc) is 1.67. The third-order valence-electron chi connectivity index (χ3n) is 2.22. The van der Waals surface area contributed by atoms with Gasteiger partial charge in [0.15, 0.2) is 0 Å². The molecule has 1 saturated heterocycles. The van der Waals surface area contributed by atoms with E-state index in [2.05, 4.69) is 61.7 Å². The first-order chi connectivity index (χ1) is 6.83. The van der Waals surface area contributed by atoms with Crippen LogP contribution in [-0.4, -0.2) is 33.9 Å². The third kappa shape index (κ3) is 4.53. The van der Waals surface area contributed by atoms with Gasteiger partial charge in [0.1, 0.15) is 0 Å². The van der Waals surface area contributed by atoms with Crippen molar-refractivity contribution in [3.05, 3.63) is 0 Å². The van der Waals surface area contributed by atoms with Crippen molar-refractivity contribution in [3.63, 3.8) is 0 Å². The predicted molar refractivity (Wildman–Crippen MR) is 78.4 cm³/mol. The van der Waals surface area contributed by atoms with E-state index < -0.39 is 33.9 Å². The summed E-state index contributed by atoms with van der Waals surface area (Å²) in [5.41, 5.74) is 0. The van der Waals surface area contributed by atoms with E-state index in [1.807, 2.05) is 0 Å². The Hall–Kier alpha value is 0.708. The molecule has 0 aromatic rings. The van der Waals surface area contributed by atoms with E-state index in [-0.39, 0.29) is 0 Å². The minimum atomic E-state index is -1.80. The predicted octanol–water partition coefficient (Wildman–Crippen LogP) is 2.02. The maximum Gasteiger partial charge on any atom is 0.247 e. The summed E-state index contributed by atoms with van der Waals surface area (Å²) in [4.78, 5) is 0. The van der Waals surface area contributed by atoms with Gasteiger partial charge in [-0.1, -0.05) is 0 Å². The van der Waals surface area contributed by atoms with Crippen molar-refractivity contribution in [2.24, 2.45) is 0 Å². The molecule has 1 aliphatic heterocycles. The molecule has 1 aliphatic rings. The molecular weight excluding hydrogens is 268 g/mol. The number of hydrogen-bond donors (Lipinski definition) is 2. The van der Waals surface area contributed by atoms with E-state index in [1.165, 1.54) is 0 Å². The van der Waals surface area contributed by atoms with Crippen LogP contribution in [0.2, 0.25) is 52.4 Å². The number of hydrogen-bond acceptors (Lipinski definition) is 4. The molecule has 1 fully saturated rings. The molecule has 0 bridgehead atoms. The van der Waals surface area contributed by atoms with Crippen LogP contribution in [0.3, 0.4) is 0 Å². The molecule has 0 saturated carbocycles. The highest BCUT2D eigenvalue weighted by Crippen LogP contribution is 2.21. The first-order valence-corrected chi connectivity index (χ1v) is 17.4. The molecule has 0 aromatic heterocycles. The summed E-state index contributed by atoms with van der Waals surface area (Å²) in [7, 11) is -7.19. The second-order valence-electron chi connectivity index (χ2n) is 6.50. The maximum absolute atomic E-state index is 6.38. The molecule has 4 nitrogen and oxygen atoms in total. The van der Waals surface area contributed by atoms with Crippen LogP contribution in [0.5, 0.6) is 0 Å². The maximum atomic E-state index is 6.38. The van der Waals surface area contributed by atoms with E-state index in [0.29, 0.717) is 0 Å². The molecule has 8 heteroatoms. The van der Waals surface area contributed by atoms with Crippen LogP contribution < -0.4 is 9.30 Å². The minimum Gasteiger partial charge on any atom is -0.433 e. The van der Waals surface area contributed by atoms with Gasteiger partial charge in [-0.05, 0) is 52.4 Å². The lowest BCUT2D eigenvalue weighted by molar-refractivity contribution is 0.467. The Morgan fingerprint density at radius 3 is 0.875 bits per heavy atom. The zero-order valence-electron chi connectivity index (χ0n) is 11.8. The molecule has 0 aliphatic carbocycles. The molecule has 0 atom stereocenters. The van der Waals surface area contributed by atoms with E-state index in [1.54, 1.807) is 0 Å². The van der Waals surface area contributed by atoms with Gasteiger partial charge in [-0.2, -0.15) is 0 Å². The molecule has 0 amide bonds. The van der Waals surface area contributed by atoms with Crippen molar-refractivity contribution in [1.29, 1.82) is 0 Å². The normalized spacial score (nSPS) is 31.5. The summed E-state index contributed by atoms with van der Waals surface area (Å²) in [6.07, 6.45) is 0. The summed E-state index contributed by atoms with van der Waals surface area (Å²) in [5.74, 6) is 0. The van der Waals surface area contributed by atoms with Crippen molar-refractivity contribution in [2.75, 3.05) is 0 Å². The van der Waals surface area contributed by atoms with E-state index in [4.69, 9.17) is 8.23 Å². The Morgan fingerprint density at radius 1 is 0.500 bits per heavy atom. The van der Waals surface area contributed by atoms with Crippen LogP contribution in [-0.2, 0) is 8.23 Å². The van der Waals surface area contributed by atoms with E-state index >= 15 is 0 Å². The smallest absolute Gasteiger partial charge is 0.247 e. The van der Waals surface area contributed by atoms with Gasteiger partial charge in [-0.25, -0.2) is 0 Å². The summed E-state index contributed by atoms with van der Waals surface area (Å²) in [5, 5.41) is 0. The minimum absolute atomic E-state index is 1.80. The Morgan fingerprint density at radius 2 is 0.688 bits per heavy atom. The van der Waals surface area contributed by atoms with Gasteiger partial charge in [-0.15, -0.1) is 0 Å². The largest absolute Gasteiger partial charge is 0.433 e. The summed E-state index contributed by atoms with van der Waals surface area (Å²) in [6.45, 7) is 17.8. The van der Waals surface area contributed by atoms with Crippen LogP contribution in [0, 0.1) is 0 Å². The highest BCUT2D eigenvalue weighted by atomic mass is 28.5. The second kappa shape index (κ2) is 4.12. The molecule has 2 N–H and O–H groups in total. The van der Waals surface area contributed by atoms with Crippen molar-refractivity contribution >= 4 is 33.9 Å². The topological polar surface area (TPSA) is 42.5 Å². The molecule has 0 spiro atoms. The summed E-state index contributed by atoms with van der Waals surface area (Å²) < 4.78 is 20.2. The molecule has 0 unspecified atom stereocenters. The summed E-state index contributed by atoms with van der Waals surface area (Å²) in [6, 6.07) is 0. The quantitative estimate of drug-likeness (QED) is 0.671. The van der Waals surface area contributed by atoms with E-state index in [0.717, 1.165) is 0 Å². The number of nitrogens with one attached hydrogen (secondary N) is 2. The van der Waals surface area contributed by atoms with Crippen LogP contribution in [0.15, 0.2) is 0 Å². The van der Waals surface area contributed by atoms with Crippen LogP contribution in [0.25, 0.3) is 0 Å². The fraction of sp³-hybridized carbons (Fsp3) is 1.00. The van der Waals surface area contributed by atoms with Crippen molar-refractivity contribution in [1.82, 2.24) is 9.30 Å². The standard InChI is InChI=1S/C8H26N2O2Si4/c1-13(2)9-14(3,4)12-16(7,8)10-15(5,6)11-13/h9-10H,1-8H3. The van der Waals surface area contributed by atoms with Crippen LogP contribution >= 0.6 is 0 Å². The third-order valence-corrected chi connectivity index (χ3v) is 20.0. The van der Waals surface area contributed by atoms with E-state index in [9.17, 15) is 0 Å². The molecule has 1 heterocycles. The highest BCUT2D eigenvalue weighted by Gasteiger charge is 2.47. The Bertz CT molecular complexity index is 209.